The lowest BCUT2D eigenvalue weighted by Gasteiger charge is -2.29. The summed E-state index contributed by atoms with van der Waals surface area (Å²) in [7, 11) is 0. The van der Waals surface area contributed by atoms with Crippen LogP contribution >= 0.6 is 0 Å². The van der Waals surface area contributed by atoms with Crippen LogP contribution in [0.15, 0.2) is 12.1 Å². The van der Waals surface area contributed by atoms with Crippen molar-refractivity contribution in [3.63, 3.8) is 0 Å². The van der Waals surface area contributed by atoms with Crippen molar-refractivity contribution in [2.75, 3.05) is 13.1 Å². The van der Waals surface area contributed by atoms with Crippen molar-refractivity contribution < 1.29 is 8.78 Å². The van der Waals surface area contributed by atoms with Gasteiger partial charge in [-0.25, -0.2) is 8.78 Å². The first-order valence-electron chi connectivity index (χ1n) is 6.02. The van der Waals surface area contributed by atoms with E-state index < -0.39 is 17.7 Å². The molecule has 0 radical (unpaired) electrons. The standard InChI is InChI=1S/C13H18F2N2/c1-8-2-3-10(14)11(12(8)15)13(16)9-4-6-17-7-5-9/h2-3,9,13,17H,4-7,16H2,1H3/t13-/m1/s1. The quantitative estimate of drug-likeness (QED) is 0.832. The summed E-state index contributed by atoms with van der Waals surface area (Å²) >= 11 is 0. The fourth-order valence-corrected chi connectivity index (χ4v) is 2.42. The Balaban J connectivity index is 2.29. The van der Waals surface area contributed by atoms with Crippen molar-refractivity contribution in [2.45, 2.75) is 25.8 Å². The number of halogens is 2. The molecule has 1 aliphatic heterocycles. The van der Waals surface area contributed by atoms with Gasteiger partial charge in [0.25, 0.3) is 0 Å². The molecule has 2 rings (SSSR count). The van der Waals surface area contributed by atoms with E-state index in [1.807, 2.05) is 0 Å². The maximum Gasteiger partial charge on any atom is 0.133 e. The molecule has 0 aromatic heterocycles. The van der Waals surface area contributed by atoms with E-state index in [4.69, 9.17) is 5.73 Å². The molecule has 1 saturated heterocycles. The van der Waals surface area contributed by atoms with Crippen LogP contribution in [-0.2, 0) is 0 Å². The summed E-state index contributed by atoms with van der Waals surface area (Å²) in [6, 6.07) is 2.20. The molecule has 0 aliphatic carbocycles. The molecule has 3 N–H and O–H groups in total. The molecule has 1 aromatic rings. The Hall–Kier alpha value is -1.00. The number of hydrogen-bond acceptors (Lipinski definition) is 2. The normalized spacial score (nSPS) is 19.3. The highest BCUT2D eigenvalue weighted by molar-refractivity contribution is 5.29. The van der Waals surface area contributed by atoms with Crippen molar-refractivity contribution in [2.24, 2.45) is 11.7 Å². The number of nitrogens with two attached hydrogens (primary N) is 1. The first kappa shape index (κ1) is 12.5. The topological polar surface area (TPSA) is 38.0 Å². The predicted molar refractivity (Wildman–Crippen MR) is 63.6 cm³/mol. The van der Waals surface area contributed by atoms with Crippen LogP contribution in [0, 0.1) is 24.5 Å². The third-order valence-corrected chi connectivity index (χ3v) is 3.54. The van der Waals surface area contributed by atoms with Gasteiger partial charge in [0.1, 0.15) is 11.6 Å². The Morgan fingerprint density at radius 1 is 1.29 bits per heavy atom. The van der Waals surface area contributed by atoms with Crippen LogP contribution in [-0.4, -0.2) is 13.1 Å². The smallest absolute Gasteiger partial charge is 0.133 e. The lowest BCUT2D eigenvalue weighted by Crippen LogP contribution is -2.34. The van der Waals surface area contributed by atoms with E-state index in [0.717, 1.165) is 25.9 Å². The Bertz CT molecular complexity index is 401. The summed E-state index contributed by atoms with van der Waals surface area (Å²) < 4.78 is 27.6. The van der Waals surface area contributed by atoms with E-state index in [2.05, 4.69) is 5.32 Å². The Kier molecular flexibility index (Phi) is 3.74. The van der Waals surface area contributed by atoms with Crippen LogP contribution in [0.1, 0.15) is 30.0 Å². The molecule has 4 heteroatoms. The van der Waals surface area contributed by atoms with E-state index in [9.17, 15) is 8.78 Å². The minimum atomic E-state index is -0.544. The number of benzene rings is 1. The number of hydrogen-bond donors (Lipinski definition) is 2. The van der Waals surface area contributed by atoms with E-state index >= 15 is 0 Å². The first-order chi connectivity index (χ1) is 8.11. The maximum absolute atomic E-state index is 13.9. The predicted octanol–water partition coefficient (Wildman–Crippen LogP) is 2.27. The molecule has 1 aliphatic rings. The zero-order chi connectivity index (χ0) is 12.4. The molecule has 0 saturated carbocycles. The van der Waals surface area contributed by atoms with Gasteiger partial charge in [-0.05, 0) is 50.4 Å². The van der Waals surface area contributed by atoms with Gasteiger partial charge in [0.05, 0.1) is 0 Å². The molecular formula is C13H18F2N2. The van der Waals surface area contributed by atoms with Gasteiger partial charge >= 0.3 is 0 Å². The first-order valence-corrected chi connectivity index (χ1v) is 6.02. The Morgan fingerprint density at radius 3 is 2.59 bits per heavy atom. The molecule has 1 fully saturated rings. The van der Waals surface area contributed by atoms with Gasteiger partial charge < -0.3 is 11.1 Å². The molecule has 1 aromatic carbocycles. The Morgan fingerprint density at radius 2 is 1.94 bits per heavy atom. The Labute approximate surface area is 100 Å². The minimum Gasteiger partial charge on any atom is -0.324 e. The van der Waals surface area contributed by atoms with Crippen molar-refractivity contribution in [3.8, 4) is 0 Å². The molecule has 94 valence electrons. The average molecular weight is 240 g/mol. The van der Waals surface area contributed by atoms with Crippen LogP contribution in [0.5, 0.6) is 0 Å². The van der Waals surface area contributed by atoms with E-state index in [0.29, 0.717) is 5.56 Å². The maximum atomic E-state index is 13.9. The highest BCUT2D eigenvalue weighted by atomic mass is 19.1. The summed E-state index contributed by atoms with van der Waals surface area (Å²) in [5.74, 6) is -0.864. The molecule has 0 spiro atoms. The van der Waals surface area contributed by atoms with Crippen LogP contribution in [0.4, 0.5) is 8.78 Å². The van der Waals surface area contributed by atoms with E-state index in [-0.39, 0.29) is 11.5 Å². The van der Waals surface area contributed by atoms with E-state index in [1.165, 1.54) is 12.1 Å². The van der Waals surface area contributed by atoms with Gasteiger partial charge in [-0.1, -0.05) is 6.07 Å². The lowest BCUT2D eigenvalue weighted by molar-refractivity contribution is 0.310. The minimum absolute atomic E-state index is 0.0527. The van der Waals surface area contributed by atoms with Crippen molar-refractivity contribution in [3.05, 3.63) is 34.9 Å². The molecule has 1 atom stereocenters. The fraction of sp³-hybridized carbons (Fsp3) is 0.538. The van der Waals surface area contributed by atoms with Crippen molar-refractivity contribution in [1.82, 2.24) is 5.32 Å². The van der Waals surface area contributed by atoms with Crippen LogP contribution in [0.2, 0.25) is 0 Å². The highest BCUT2D eigenvalue weighted by Gasteiger charge is 2.27. The highest BCUT2D eigenvalue weighted by Crippen LogP contribution is 2.31. The summed E-state index contributed by atoms with van der Waals surface area (Å²) in [5.41, 5.74) is 6.53. The monoisotopic (exact) mass is 240 g/mol. The largest absolute Gasteiger partial charge is 0.324 e. The number of rotatable bonds is 2. The third kappa shape index (κ3) is 2.48. The number of nitrogens with one attached hydrogen (secondary N) is 1. The van der Waals surface area contributed by atoms with Crippen LogP contribution in [0.3, 0.4) is 0 Å². The zero-order valence-corrected chi connectivity index (χ0v) is 9.97. The summed E-state index contributed by atoms with van der Waals surface area (Å²) in [6.07, 6.45) is 1.74. The van der Waals surface area contributed by atoms with Gasteiger partial charge in [0.15, 0.2) is 0 Å². The molecule has 17 heavy (non-hydrogen) atoms. The fourth-order valence-electron chi connectivity index (χ4n) is 2.42. The lowest BCUT2D eigenvalue weighted by atomic mass is 9.85. The van der Waals surface area contributed by atoms with Crippen LogP contribution in [0.25, 0.3) is 0 Å². The number of piperidine rings is 1. The second-order valence-corrected chi connectivity index (χ2v) is 4.71. The molecule has 0 amide bonds. The van der Waals surface area contributed by atoms with Crippen molar-refractivity contribution in [1.29, 1.82) is 0 Å². The summed E-state index contributed by atoms with van der Waals surface area (Å²) in [5, 5.41) is 3.22. The van der Waals surface area contributed by atoms with E-state index in [1.54, 1.807) is 6.92 Å². The molecule has 1 heterocycles. The van der Waals surface area contributed by atoms with Crippen LogP contribution < -0.4 is 11.1 Å². The second kappa shape index (κ2) is 5.10. The van der Waals surface area contributed by atoms with Gasteiger partial charge in [0.2, 0.25) is 0 Å². The summed E-state index contributed by atoms with van der Waals surface area (Å²) in [6.45, 7) is 3.37. The molecule has 0 bridgehead atoms. The van der Waals surface area contributed by atoms with Gasteiger partial charge in [-0.3, -0.25) is 0 Å². The van der Waals surface area contributed by atoms with Gasteiger partial charge in [0, 0.05) is 11.6 Å². The number of aryl methyl sites for hydroxylation is 1. The van der Waals surface area contributed by atoms with Crippen molar-refractivity contribution >= 4 is 0 Å². The zero-order valence-electron chi connectivity index (χ0n) is 9.97. The molecule has 0 unspecified atom stereocenters. The summed E-state index contributed by atoms with van der Waals surface area (Å²) in [4.78, 5) is 0. The third-order valence-electron chi connectivity index (χ3n) is 3.54. The van der Waals surface area contributed by atoms with Gasteiger partial charge in [-0.15, -0.1) is 0 Å². The molecule has 2 nitrogen and oxygen atoms in total. The van der Waals surface area contributed by atoms with Gasteiger partial charge in [-0.2, -0.15) is 0 Å². The average Bonchev–Trinajstić information content (AvgIpc) is 2.35. The SMILES string of the molecule is Cc1ccc(F)c([C@H](N)C2CCNCC2)c1F. The second-order valence-electron chi connectivity index (χ2n) is 4.71. The molecular weight excluding hydrogens is 222 g/mol.